The molecule has 0 N–H and O–H groups in total. The Morgan fingerprint density at radius 2 is 2.00 bits per heavy atom. The highest BCUT2D eigenvalue weighted by molar-refractivity contribution is 5.92. The molecule has 0 bridgehead atoms. The summed E-state index contributed by atoms with van der Waals surface area (Å²) in [6.07, 6.45) is 3.05. The van der Waals surface area contributed by atoms with Crippen molar-refractivity contribution in [2.24, 2.45) is 0 Å². The summed E-state index contributed by atoms with van der Waals surface area (Å²) in [7, 11) is 1.51. The number of para-hydroxylation sites is 1. The van der Waals surface area contributed by atoms with Crippen LogP contribution in [-0.4, -0.2) is 19.7 Å². The molecule has 0 fully saturated rings. The van der Waals surface area contributed by atoms with Crippen LogP contribution >= 0.6 is 0 Å². The monoisotopic (exact) mass is 238 g/mol. The van der Waals surface area contributed by atoms with E-state index in [0.717, 1.165) is 19.3 Å². The lowest BCUT2D eigenvalue weighted by molar-refractivity contribution is -0.241. The first-order valence-electron chi connectivity index (χ1n) is 5.76. The van der Waals surface area contributed by atoms with Gasteiger partial charge in [0.15, 0.2) is 0 Å². The first-order valence-corrected chi connectivity index (χ1v) is 5.76. The third-order valence-corrected chi connectivity index (χ3v) is 2.29. The molecule has 0 aliphatic rings. The third kappa shape index (κ3) is 4.44. The van der Waals surface area contributed by atoms with Crippen molar-refractivity contribution in [2.75, 3.05) is 13.7 Å². The molecule has 0 aromatic heterocycles. The smallest absolute Gasteiger partial charge is 0.376 e. The highest BCUT2D eigenvalue weighted by Gasteiger charge is 2.13. The van der Waals surface area contributed by atoms with E-state index in [1.807, 2.05) is 0 Å². The molecule has 17 heavy (non-hydrogen) atoms. The second kappa shape index (κ2) is 7.68. The molecule has 4 heteroatoms. The first kappa shape index (κ1) is 13.5. The van der Waals surface area contributed by atoms with Crippen LogP contribution < -0.4 is 4.74 Å². The van der Waals surface area contributed by atoms with Gasteiger partial charge in [-0.25, -0.2) is 4.79 Å². The Bertz CT molecular complexity index is 349. The van der Waals surface area contributed by atoms with Gasteiger partial charge in [-0.3, -0.25) is 4.89 Å². The molecular weight excluding hydrogens is 220 g/mol. The van der Waals surface area contributed by atoms with Gasteiger partial charge in [0.25, 0.3) is 0 Å². The number of hydrogen-bond acceptors (Lipinski definition) is 4. The van der Waals surface area contributed by atoms with Gasteiger partial charge in [-0.1, -0.05) is 31.9 Å². The Labute approximate surface area is 101 Å². The van der Waals surface area contributed by atoms with Crippen molar-refractivity contribution in [1.82, 2.24) is 0 Å². The van der Waals surface area contributed by atoms with Gasteiger partial charge in [-0.05, 0) is 18.6 Å². The topological polar surface area (TPSA) is 44.8 Å². The Kier molecular flexibility index (Phi) is 6.10. The highest BCUT2D eigenvalue weighted by atomic mass is 17.2. The molecule has 1 aromatic carbocycles. The molecule has 0 heterocycles. The van der Waals surface area contributed by atoms with Gasteiger partial charge in [0.05, 0.1) is 13.7 Å². The number of hydrogen-bond donors (Lipinski definition) is 0. The van der Waals surface area contributed by atoms with Crippen molar-refractivity contribution in [1.29, 1.82) is 0 Å². The van der Waals surface area contributed by atoms with Crippen LogP contribution in [-0.2, 0) is 9.78 Å². The maximum Gasteiger partial charge on any atom is 0.376 e. The second-order valence-electron chi connectivity index (χ2n) is 3.60. The van der Waals surface area contributed by atoms with Gasteiger partial charge < -0.3 is 4.74 Å². The number of unbranched alkanes of at least 4 members (excludes halogenated alkanes) is 2. The van der Waals surface area contributed by atoms with E-state index in [2.05, 4.69) is 6.92 Å². The summed E-state index contributed by atoms with van der Waals surface area (Å²) in [6.45, 7) is 2.52. The highest BCUT2D eigenvalue weighted by Crippen LogP contribution is 2.18. The Hall–Kier alpha value is -1.55. The number of ether oxygens (including phenoxy) is 1. The van der Waals surface area contributed by atoms with Crippen LogP contribution in [0.2, 0.25) is 0 Å². The third-order valence-electron chi connectivity index (χ3n) is 2.29. The van der Waals surface area contributed by atoms with Crippen LogP contribution in [0.4, 0.5) is 0 Å². The first-order chi connectivity index (χ1) is 8.29. The van der Waals surface area contributed by atoms with E-state index in [1.165, 1.54) is 7.11 Å². The van der Waals surface area contributed by atoms with Crippen LogP contribution in [0.3, 0.4) is 0 Å². The number of methoxy groups -OCH3 is 1. The van der Waals surface area contributed by atoms with E-state index in [1.54, 1.807) is 24.3 Å². The summed E-state index contributed by atoms with van der Waals surface area (Å²) in [5, 5.41) is 0. The summed E-state index contributed by atoms with van der Waals surface area (Å²) in [5.41, 5.74) is 0.366. The molecule has 0 aliphatic carbocycles. The zero-order valence-electron chi connectivity index (χ0n) is 10.3. The molecule has 4 nitrogen and oxygen atoms in total. The van der Waals surface area contributed by atoms with E-state index < -0.39 is 5.97 Å². The molecule has 0 atom stereocenters. The number of carbonyl (C=O) groups is 1. The maximum atomic E-state index is 11.6. The average Bonchev–Trinajstić information content (AvgIpc) is 2.38. The summed E-state index contributed by atoms with van der Waals surface area (Å²) < 4.78 is 5.05. The molecular formula is C13H18O4. The molecule has 94 valence electrons. The maximum absolute atomic E-state index is 11.6. The molecule has 0 radical (unpaired) electrons. The molecule has 0 aliphatic heterocycles. The molecule has 0 amide bonds. The average molecular weight is 238 g/mol. The van der Waals surface area contributed by atoms with Crippen molar-refractivity contribution in [2.45, 2.75) is 26.2 Å². The second-order valence-corrected chi connectivity index (χ2v) is 3.60. The van der Waals surface area contributed by atoms with E-state index in [4.69, 9.17) is 14.5 Å². The molecule has 0 spiro atoms. The zero-order valence-corrected chi connectivity index (χ0v) is 10.3. The van der Waals surface area contributed by atoms with Crippen molar-refractivity contribution >= 4 is 5.97 Å². The molecule has 1 rings (SSSR count). The van der Waals surface area contributed by atoms with E-state index in [9.17, 15) is 4.79 Å². The molecule has 0 unspecified atom stereocenters. The fourth-order valence-electron chi connectivity index (χ4n) is 1.36. The Morgan fingerprint density at radius 1 is 1.24 bits per heavy atom. The van der Waals surface area contributed by atoms with Gasteiger partial charge in [0.2, 0.25) is 0 Å². The van der Waals surface area contributed by atoms with E-state index >= 15 is 0 Å². The van der Waals surface area contributed by atoms with Crippen LogP contribution in [0.1, 0.15) is 36.5 Å². The van der Waals surface area contributed by atoms with E-state index in [0.29, 0.717) is 17.9 Å². The van der Waals surface area contributed by atoms with Crippen LogP contribution in [0.5, 0.6) is 5.75 Å². The molecule has 0 saturated heterocycles. The Balaban J connectivity index is 2.41. The normalized spacial score (nSPS) is 10.0. The number of carbonyl (C=O) groups excluding carboxylic acids is 1. The lowest BCUT2D eigenvalue weighted by Gasteiger charge is -2.07. The van der Waals surface area contributed by atoms with Crippen molar-refractivity contribution in [3.8, 4) is 5.75 Å². The fourth-order valence-corrected chi connectivity index (χ4v) is 1.36. The fraction of sp³-hybridized carbons (Fsp3) is 0.462. The minimum absolute atomic E-state index is 0.366. The lowest BCUT2D eigenvalue weighted by Crippen LogP contribution is -2.08. The van der Waals surface area contributed by atoms with Gasteiger partial charge >= 0.3 is 5.97 Å². The summed E-state index contributed by atoms with van der Waals surface area (Å²) in [6, 6.07) is 6.87. The van der Waals surface area contributed by atoms with E-state index in [-0.39, 0.29) is 0 Å². The van der Waals surface area contributed by atoms with Crippen molar-refractivity contribution < 1.29 is 19.3 Å². The van der Waals surface area contributed by atoms with Crippen LogP contribution in [0.15, 0.2) is 24.3 Å². The predicted octanol–water partition coefficient (Wildman–Crippen LogP) is 2.97. The van der Waals surface area contributed by atoms with Gasteiger partial charge in [-0.2, -0.15) is 4.89 Å². The molecule has 1 aromatic rings. The zero-order chi connectivity index (χ0) is 12.5. The van der Waals surface area contributed by atoms with Crippen molar-refractivity contribution in [3.63, 3.8) is 0 Å². The SMILES string of the molecule is CCCCCOOC(=O)c1ccccc1OC. The number of benzene rings is 1. The van der Waals surface area contributed by atoms with Crippen LogP contribution in [0.25, 0.3) is 0 Å². The Morgan fingerprint density at radius 3 is 2.71 bits per heavy atom. The summed E-state index contributed by atoms with van der Waals surface area (Å²) >= 11 is 0. The minimum atomic E-state index is -0.529. The quantitative estimate of drug-likeness (QED) is 0.416. The van der Waals surface area contributed by atoms with Gasteiger partial charge in [0, 0.05) is 0 Å². The largest absolute Gasteiger partial charge is 0.496 e. The minimum Gasteiger partial charge on any atom is -0.496 e. The van der Waals surface area contributed by atoms with Gasteiger partial charge in [0.1, 0.15) is 11.3 Å². The van der Waals surface area contributed by atoms with Crippen molar-refractivity contribution in [3.05, 3.63) is 29.8 Å². The summed E-state index contributed by atoms with van der Waals surface area (Å²) in [5.74, 6) is -0.0476. The predicted molar refractivity (Wildman–Crippen MR) is 63.9 cm³/mol. The van der Waals surface area contributed by atoms with Crippen LogP contribution in [0, 0.1) is 0 Å². The summed E-state index contributed by atoms with van der Waals surface area (Å²) in [4.78, 5) is 21.2. The van der Waals surface area contributed by atoms with Gasteiger partial charge in [-0.15, -0.1) is 0 Å². The lowest BCUT2D eigenvalue weighted by atomic mass is 10.2. The standard InChI is InChI=1S/C13H18O4/c1-3-4-7-10-16-17-13(14)11-8-5-6-9-12(11)15-2/h5-6,8-9H,3-4,7,10H2,1-2H3. The molecule has 0 saturated carbocycles. The number of rotatable bonds is 7.